The number of nitrogens with zero attached hydrogens (tertiary/aromatic N) is 1. The second-order valence-electron chi connectivity index (χ2n) is 5.55. The van der Waals surface area contributed by atoms with Gasteiger partial charge in [0, 0.05) is 25.6 Å². The van der Waals surface area contributed by atoms with E-state index in [1.165, 1.54) is 6.92 Å². The van der Waals surface area contributed by atoms with E-state index in [2.05, 4.69) is 5.32 Å². The van der Waals surface area contributed by atoms with Crippen molar-refractivity contribution in [2.75, 3.05) is 16.8 Å². The molecule has 0 aliphatic rings. The highest BCUT2D eigenvalue weighted by Gasteiger charge is 2.17. The first-order valence-corrected chi connectivity index (χ1v) is 8.79. The number of carbonyl (C=O) groups excluding carboxylic acids is 2. The summed E-state index contributed by atoms with van der Waals surface area (Å²) < 4.78 is 0. The molecule has 0 atom stereocenters. The molecule has 0 spiro atoms. The first-order valence-electron chi connectivity index (χ1n) is 8.04. The van der Waals surface area contributed by atoms with Gasteiger partial charge in [0.05, 0.1) is 15.7 Å². The maximum atomic E-state index is 12.3. The summed E-state index contributed by atoms with van der Waals surface area (Å²) in [5, 5.41) is 3.46. The monoisotopic (exact) mass is 378 g/mol. The molecule has 2 aromatic rings. The summed E-state index contributed by atoms with van der Waals surface area (Å²) in [6, 6.07) is 12.7. The smallest absolute Gasteiger partial charge is 0.226 e. The molecular weight excluding hydrogens is 359 g/mol. The lowest BCUT2D eigenvalue weighted by Gasteiger charge is -2.23. The van der Waals surface area contributed by atoms with Crippen LogP contribution in [0.1, 0.15) is 25.8 Å². The number of aryl methyl sites for hydroxylation is 1. The van der Waals surface area contributed by atoms with Crippen molar-refractivity contribution >= 4 is 46.4 Å². The predicted molar refractivity (Wildman–Crippen MR) is 104 cm³/mol. The quantitative estimate of drug-likeness (QED) is 0.773. The van der Waals surface area contributed by atoms with Crippen molar-refractivity contribution in [2.45, 2.75) is 26.7 Å². The van der Waals surface area contributed by atoms with Crippen molar-refractivity contribution in [3.8, 4) is 0 Å². The van der Waals surface area contributed by atoms with Crippen molar-refractivity contribution in [1.82, 2.24) is 0 Å². The average molecular weight is 379 g/mol. The van der Waals surface area contributed by atoms with Crippen molar-refractivity contribution in [3.05, 3.63) is 58.1 Å². The molecule has 0 heterocycles. The lowest BCUT2D eigenvalue weighted by Crippen LogP contribution is -2.32. The van der Waals surface area contributed by atoms with Crippen molar-refractivity contribution in [3.63, 3.8) is 0 Å². The van der Waals surface area contributed by atoms with Crippen molar-refractivity contribution in [1.29, 1.82) is 0 Å². The molecule has 0 radical (unpaired) electrons. The van der Waals surface area contributed by atoms with E-state index in [1.54, 1.807) is 23.1 Å². The van der Waals surface area contributed by atoms with Gasteiger partial charge in [-0.3, -0.25) is 9.59 Å². The summed E-state index contributed by atoms with van der Waals surface area (Å²) in [6.07, 6.45) is 0.945. The number of benzene rings is 2. The molecule has 0 aromatic heterocycles. The number of para-hydroxylation sites is 2. The van der Waals surface area contributed by atoms with Gasteiger partial charge in [-0.1, -0.05) is 54.4 Å². The Morgan fingerprint density at radius 2 is 1.68 bits per heavy atom. The van der Waals surface area contributed by atoms with Crippen LogP contribution in [0.25, 0.3) is 0 Å². The van der Waals surface area contributed by atoms with E-state index in [0.29, 0.717) is 15.7 Å². The van der Waals surface area contributed by atoms with Gasteiger partial charge in [-0.15, -0.1) is 0 Å². The standard InChI is InChI=1S/C19H20Cl2N2O2/c1-3-14-7-4-5-10-17(14)23(13(2)24)12-11-18(25)22-19-15(20)8-6-9-16(19)21/h4-10H,3,11-12H2,1-2H3,(H,22,25). The number of amides is 2. The largest absolute Gasteiger partial charge is 0.323 e. The highest BCUT2D eigenvalue weighted by atomic mass is 35.5. The minimum atomic E-state index is -0.254. The minimum Gasteiger partial charge on any atom is -0.323 e. The van der Waals surface area contributed by atoms with Gasteiger partial charge in [-0.25, -0.2) is 0 Å². The topological polar surface area (TPSA) is 49.4 Å². The van der Waals surface area contributed by atoms with E-state index in [4.69, 9.17) is 23.2 Å². The second kappa shape index (κ2) is 8.88. The van der Waals surface area contributed by atoms with Gasteiger partial charge in [-0.2, -0.15) is 0 Å². The van der Waals surface area contributed by atoms with Gasteiger partial charge in [-0.05, 0) is 30.2 Å². The average Bonchev–Trinajstić information content (AvgIpc) is 2.58. The van der Waals surface area contributed by atoms with Crippen LogP contribution in [-0.4, -0.2) is 18.4 Å². The van der Waals surface area contributed by atoms with Gasteiger partial charge >= 0.3 is 0 Å². The number of carbonyl (C=O) groups is 2. The number of anilines is 2. The summed E-state index contributed by atoms with van der Waals surface area (Å²) in [5.74, 6) is -0.361. The van der Waals surface area contributed by atoms with E-state index in [0.717, 1.165) is 17.7 Å². The third-order valence-electron chi connectivity index (χ3n) is 3.83. The lowest BCUT2D eigenvalue weighted by molar-refractivity contribution is -0.117. The van der Waals surface area contributed by atoms with E-state index >= 15 is 0 Å². The molecule has 0 aliphatic heterocycles. The van der Waals surface area contributed by atoms with Crippen LogP contribution >= 0.6 is 23.2 Å². The summed E-state index contributed by atoms with van der Waals surface area (Å²) in [4.78, 5) is 25.9. The van der Waals surface area contributed by atoms with Crippen molar-refractivity contribution < 1.29 is 9.59 Å². The Labute approximate surface area is 157 Å². The maximum Gasteiger partial charge on any atom is 0.226 e. The number of rotatable bonds is 6. The molecule has 25 heavy (non-hydrogen) atoms. The molecule has 4 nitrogen and oxygen atoms in total. The molecule has 2 rings (SSSR count). The number of halogens is 2. The summed E-state index contributed by atoms with van der Waals surface area (Å²) in [6.45, 7) is 3.80. The Morgan fingerprint density at radius 3 is 2.28 bits per heavy atom. The van der Waals surface area contributed by atoms with E-state index < -0.39 is 0 Å². The summed E-state index contributed by atoms with van der Waals surface area (Å²) in [5.41, 5.74) is 2.28. The molecule has 132 valence electrons. The summed E-state index contributed by atoms with van der Waals surface area (Å²) >= 11 is 12.1. The Balaban J connectivity index is 2.09. The van der Waals surface area contributed by atoms with Gasteiger partial charge in [0.25, 0.3) is 0 Å². The van der Waals surface area contributed by atoms with Gasteiger partial charge in [0.15, 0.2) is 0 Å². The Kier molecular flexibility index (Phi) is 6.85. The van der Waals surface area contributed by atoms with Crippen LogP contribution in [0.5, 0.6) is 0 Å². The number of nitrogens with one attached hydrogen (secondary N) is 1. The van der Waals surface area contributed by atoms with E-state index in [1.807, 2.05) is 31.2 Å². The maximum absolute atomic E-state index is 12.3. The molecule has 0 saturated carbocycles. The highest BCUT2D eigenvalue weighted by Crippen LogP contribution is 2.30. The molecule has 6 heteroatoms. The van der Waals surface area contributed by atoms with Gasteiger partial charge in [0.1, 0.15) is 0 Å². The summed E-state index contributed by atoms with van der Waals surface area (Å²) in [7, 11) is 0. The Morgan fingerprint density at radius 1 is 1.04 bits per heavy atom. The Hall–Kier alpha value is -2.04. The third-order valence-corrected chi connectivity index (χ3v) is 4.46. The molecular formula is C19H20Cl2N2O2. The molecule has 0 aliphatic carbocycles. The van der Waals surface area contributed by atoms with Crippen LogP contribution in [-0.2, 0) is 16.0 Å². The van der Waals surface area contributed by atoms with Crippen LogP contribution < -0.4 is 10.2 Å². The van der Waals surface area contributed by atoms with E-state index in [-0.39, 0.29) is 24.8 Å². The zero-order valence-electron chi connectivity index (χ0n) is 14.2. The first kappa shape index (κ1) is 19.3. The molecule has 0 bridgehead atoms. The highest BCUT2D eigenvalue weighted by molar-refractivity contribution is 6.39. The SMILES string of the molecule is CCc1ccccc1N(CCC(=O)Nc1c(Cl)cccc1Cl)C(C)=O. The first-order chi connectivity index (χ1) is 11.9. The van der Waals surface area contributed by atoms with Crippen LogP contribution in [0, 0.1) is 0 Å². The van der Waals surface area contributed by atoms with Crippen LogP contribution in [0.2, 0.25) is 10.0 Å². The third kappa shape index (κ3) is 4.97. The Bertz CT molecular complexity index is 758. The molecule has 2 aromatic carbocycles. The fraction of sp³-hybridized carbons (Fsp3) is 0.263. The van der Waals surface area contributed by atoms with Gasteiger partial charge < -0.3 is 10.2 Å². The zero-order valence-corrected chi connectivity index (χ0v) is 15.7. The molecule has 2 amide bonds. The zero-order chi connectivity index (χ0) is 18.4. The van der Waals surface area contributed by atoms with E-state index in [9.17, 15) is 9.59 Å². The molecule has 1 N–H and O–H groups in total. The van der Waals surface area contributed by atoms with Gasteiger partial charge in [0.2, 0.25) is 11.8 Å². The molecule has 0 fully saturated rings. The fourth-order valence-corrected chi connectivity index (χ4v) is 3.05. The predicted octanol–water partition coefficient (Wildman–Crippen LogP) is 4.94. The number of hydrogen-bond donors (Lipinski definition) is 1. The van der Waals surface area contributed by atoms with Crippen LogP contribution in [0.3, 0.4) is 0 Å². The molecule has 0 unspecified atom stereocenters. The van der Waals surface area contributed by atoms with Crippen LogP contribution in [0.4, 0.5) is 11.4 Å². The number of hydrogen-bond acceptors (Lipinski definition) is 2. The fourth-order valence-electron chi connectivity index (χ4n) is 2.55. The second-order valence-corrected chi connectivity index (χ2v) is 6.36. The minimum absolute atomic E-state index is 0.107. The normalized spacial score (nSPS) is 10.4. The van der Waals surface area contributed by atoms with Crippen LogP contribution in [0.15, 0.2) is 42.5 Å². The van der Waals surface area contributed by atoms with Crippen molar-refractivity contribution in [2.24, 2.45) is 0 Å². The lowest BCUT2D eigenvalue weighted by atomic mass is 10.1. The molecule has 0 saturated heterocycles.